The molecule has 1 aromatic heterocycles. The van der Waals surface area contributed by atoms with Crippen LogP contribution in [0.4, 0.5) is 17.1 Å². The van der Waals surface area contributed by atoms with Gasteiger partial charge >= 0.3 is 0 Å². The quantitative estimate of drug-likeness (QED) is 0.171. The van der Waals surface area contributed by atoms with E-state index in [1.54, 1.807) is 0 Å². The lowest BCUT2D eigenvalue weighted by Crippen LogP contribution is -2.10. The Hall–Kier alpha value is -7.42. The smallest absolute Gasteiger partial charge is 0.143 e. The first-order valence-corrected chi connectivity index (χ1v) is 19.2. The molecule has 0 radical (unpaired) electrons. The molecule has 0 fully saturated rings. The van der Waals surface area contributed by atoms with Crippen LogP contribution < -0.4 is 4.90 Å². The molecule has 2 heteroatoms. The van der Waals surface area contributed by atoms with Gasteiger partial charge in [0.15, 0.2) is 0 Å². The Morgan fingerprint density at radius 2 is 0.875 bits per heavy atom. The zero-order valence-corrected chi connectivity index (χ0v) is 30.6. The van der Waals surface area contributed by atoms with E-state index in [0.717, 1.165) is 50.1 Å². The van der Waals surface area contributed by atoms with Gasteiger partial charge in [0.2, 0.25) is 0 Å². The van der Waals surface area contributed by atoms with Crippen LogP contribution >= 0.6 is 0 Å². The zero-order valence-electron chi connectivity index (χ0n) is 30.6. The van der Waals surface area contributed by atoms with Gasteiger partial charge in [-0.25, -0.2) is 0 Å². The van der Waals surface area contributed by atoms with E-state index in [-0.39, 0.29) is 0 Å². The number of para-hydroxylation sites is 1. The molecule has 11 rings (SSSR count). The summed E-state index contributed by atoms with van der Waals surface area (Å²) in [7, 11) is 0. The largest absolute Gasteiger partial charge is 0.455 e. The molecule has 0 spiro atoms. The zero-order chi connectivity index (χ0) is 37.0. The molecule has 1 heterocycles. The fourth-order valence-electron chi connectivity index (χ4n) is 8.47. The summed E-state index contributed by atoms with van der Waals surface area (Å²) in [6.07, 6.45) is 0. The van der Waals surface area contributed by atoms with Gasteiger partial charge in [0.05, 0.1) is 5.69 Å². The van der Waals surface area contributed by atoms with Gasteiger partial charge < -0.3 is 9.32 Å². The Kier molecular flexibility index (Phi) is 7.53. The van der Waals surface area contributed by atoms with Crippen LogP contribution in [-0.4, -0.2) is 0 Å². The number of hydrogen-bond acceptors (Lipinski definition) is 2. The van der Waals surface area contributed by atoms with Crippen molar-refractivity contribution in [1.29, 1.82) is 0 Å². The second-order valence-corrected chi connectivity index (χ2v) is 14.5. The number of anilines is 3. The summed E-state index contributed by atoms with van der Waals surface area (Å²) in [5.74, 6) is 0. The highest BCUT2D eigenvalue weighted by molar-refractivity contribution is 6.11. The van der Waals surface area contributed by atoms with E-state index in [4.69, 9.17) is 4.42 Å². The fraction of sp³-hybridized carbons (Fsp3) is 0. The Balaban J connectivity index is 0.992. The van der Waals surface area contributed by atoms with Crippen LogP contribution in [0, 0.1) is 0 Å². The molecule has 56 heavy (non-hydrogen) atoms. The number of furan rings is 1. The molecule has 0 saturated carbocycles. The van der Waals surface area contributed by atoms with E-state index in [2.05, 4.69) is 211 Å². The second-order valence-electron chi connectivity index (χ2n) is 14.5. The summed E-state index contributed by atoms with van der Waals surface area (Å²) in [6, 6.07) is 76.5. The normalized spacial score (nSPS) is 11.6. The van der Waals surface area contributed by atoms with Crippen LogP contribution in [0.5, 0.6) is 0 Å². The van der Waals surface area contributed by atoms with Gasteiger partial charge in [-0.05, 0) is 103 Å². The summed E-state index contributed by atoms with van der Waals surface area (Å²) in [5, 5.41) is 9.57. The number of fused-ring (bicyclic) bond motifs is 6. The highest BCUT2D eigenvalue weighted by atomic mass is 16.3. The van der Waals surface area contributed by atoms with Gasteiger partial charge in [0, 0.05) is 33.1 Å². The molecule has 11 aromatic rings. The average molecular weight is 714 g/mol. The minimum absolute atomic E-state index is 0.899. The van der Waals surface area contributed by atoms with E-state index in [0.29, 0.717) is 0 Å². The van der Waals surface area contributed by atoms with Gasteiger partial charge in [0.1, 0.15) is 11.2 Å². The molecule has 0 N–H and O–H groups in total. The van der Waals surface area contributed by atoms with Crippen LogP contribution in [0.2, 0.25) is 0 Å². The highest BCUT2D eigenvalue weighted by Gasteiger charge is 2.17. The highest BCUT2D eigenvalue weighted by Crippen LogP contribution is 2.42. The molecule has 0 aliphatic heterocycles. The first-order valence-electron chi connectivity index (χ1n) is 19.2. The average Bonchev–Trinajstić information content (AvgIpc) is 3.65. The van der Waals surface area contributed by atoms with Crippen molar-refractivity contribution in [3.05, 3.63) is 212 Å². The fourth-order valence-corrected chi connectivity index (χ4v) is 8.47. The summed E-state index contributed by atoms with van der Waals surface area (Å²) in [5.41, 5.74) is 12.2. The van der Waals surface area contributed by atoms with Crippen molar-refractivity contribution in [1.82, 2.24) is 0 Å². The summed E-state index contributed by atoms with van der Waals surface area (Å²) >= 11 is 0. The molecular formula is C54H35NO. The minimum Gasteiger partial charge on any atom is -0.455 e. The molecule has 0 amide bonds. The molecule has 10 aromatic carbocycles. The van der Waals surface area contributed by atoms with Crippen molar-refractivity contribution >= 4 is 71.3 Å². The lowest BCUT2D eigenvalue weighted by molar-refractivity contribution is 0.670. The maximum Gasteiger partial charge on any atom is 0.143 e. The summed E-state index contributed by atoms with van der Waals surface area (Å²) in [4.78, 5) is 2.39. The van der Waals surface area contributed by atoms with E-state index in [1.807, 2.05) is 6.07 Å². The molecule has 2 nitrogen and oxygen atoms in total. The van der Waals surface area contributed by atoms with Crippen LogP contribution in [0.25, 0.3) is 87.6 Å². The SMILES string of the molecule is c1ccc(-c2cccc3c2oc2ccc(-c4ccc5cc(N(c6ccc(-c7cccc8ccccc78)cc6)c6cccc7ccccc67)ccc5c4)cc23)cc1. The van der Waals surface area contributed by atoms with Crippen molar-refractivity contribution in [2.45, 2.75) is 0 Å². The molecular weight excluding hydrogens is 679 g/mol. The maximum absolute atomic E-state index is 6.48. The van der Waals surface area contributed by atoms with Crippen molar-refractivity contribution in [3.63, 3.8) is 0 Å². The lowest BCUT2D eigenvalue weighted by Gasteiger charge is -2.27. The summed E-state index contributed by atoms with van der Waals surface area (Å²) in [6.45, 7) is 0. The standard InChI is InChI=1S/C54H35NO/c1-2-11-38(12-3-1)49-20-10-21-50-51-35-43(28-32-53(51)56-54(49)50)40-23-24-42-34-45(31-27-41(42)33-40)55(52-22-9-16-37-14-5-7-18-48(37)52)44-29-25-39(26-30-44)47-19-8-15-36-13-4-6-17-46(36)47/h1-35H. The Morgan fingerprint density at radius 1 is 0.304 bits per heavy atom. The number of nitrogens with zero attached hydrogens (tertiary/aromatic N) is 1. The Morgan fingerprint density at radius 3 is 1.73 bits per heavy atom. The third-order valence-corrected chi connectivity index (χ3v) is 11.2. The van der Waals surface area contributed by atoms with Crippen molar-refractivity contribution in [2.75, 3.05) is 4.90 Å². The molecule has 0 atom stereocenters. The van der Waals surface area contributed by atoms with Gasteiger partial charge in [-0.3, -0.25) is 0 Å². The summed E-state index contributed by atoms with van der Waals surface area (Å²) < 4.78 is 6.48. The monoisotopic (exact) mass is 713 g/mol. The second kappa shape index (κ2) is 13.2. The van der Waals surface area contributed by atoms with Gasteiger partial charge in [-0.2, -0.15) is 0 Å². The van der Waals surface area contributed by atoms with Gasteiger partial charge in [0.25, 0.3) is 0 Å². The number of rotatable bonds is 6. The third kappa shape index (κ3) is 5.42. The lowest BCUT2D eigenvalue weighted by atomic mass is 9.97. The van der Waals surface area contributed by atoms with Crippen molar-refractivity contribution in [3.8, 4) is 33.4 Å². The predicted octanol–water partition coefficient (Wildman–Crippen LogP) is 15.5. The van der Waals surface area contributed by atoms with E-state index in [1.165, 1.54) is 54.6 Å². The van der Waals surface area contributed by atoms with E-state index < -0.39 is 0 Å². The van der Waals surface area contributed by atoms with E-state index in [9.17, 15) is 0 Å². The molecule has 0 aliphatic rings. The molecule has 0 aliphatic carbocycles. The first kappa shape index (κ1) is 32.0. The number of hydrogen-bond donors (Lipinski definition) is 0. The van der Waals surface area contributed by atoms with Crippen molar-refractivity contribution in [2.24, 2.45) is 0 Å². The molecule has 262 valence electrons. The third-order valence-electron chi connectivity index (χ3n) is 11.2. The molecule has 0 saturated heterocycles. The Bertz CT molecular complexity index is 3240. The van der Waals surface area contributed by atoms with Crippen LogP contribution in [0.3, 0.4) is 0 Å². The van der Waals surface area contributed by atoms with Crippen LogP contribution in [0.15, 0.2) is 217 Å². The molecule has 0 bridgehead atoms. The molecule has 0 unspecified atom stereocenters. The van der Waals surface area contributed by atoms with Crippen LogP contribution in [0.1, 0.15) is 0 Å². The topological polar surface area (TPSA) is 16.4 Å². The van der Waals surface area contributed by atoms with Crippen molar-refractivity contribution < 1.29 is 4.42 Å². The number of benzene rings is 10. The van der Waals surface area contributed by atoms with E-state index >= 15 is 0 Å². The van der Waals surface area contributed by atoms with Gasteiger partial charge in [-0.1, -0.05) is 164 Å². The van der Waals surface area contributed by atoms with Gasteiger partial charge in [-0.15, -0.1) is 0 Å². The van der Waals surface area contributed by atoms with Crippen LogP contribution in [-0.2, 0) is 0 Å². The first-order chi connectivity index (χ1) is 27.7. The Labute approximate surface area is 325 Å². The predicted molar refractivity (Wildman–Crippen MR) is 237 cm³/mol. The maximum atomic E-state index is 6.48. The minimum atomic E-state index is 0.899.